The molecule has 0 aromatic carbocycles. The summed E-state index contributed by atoms with van der Waals surface area (Å²) in [6, 6.07) is 0. The summed E-state index contributed by atoms with van der Waals surface area (Å²) in [5, 5.41) is 32.2. The molecule has 12 heteroatoms. The van der Waals surface area contributed by atoms with Crippen LogP contribution in [0.2, 0.25) is 0 Å². The lowest BCUT2D eigenvalue weighted by atomic mass is 10.7. The van der Waals surface area contributed by atoms with E-state index < -0.39 is 0 Å². The van der Waals surface area contributed by atoms with Gasteiger partial charge in [0.2, 0.25) is 0 Å². The molecule has 12 N–H and O–H groups in total. The van der Waals surface area contributed by atoms with Gasteiger partial charge in [0.15, 0.2) is 0 Å². The summed E-state index contributed by atoms with van der Waals surface area (Å²) in [5.41, 5.74) is 14.2. The second-order valence-corrected chi connectivity index (χ2v) is 4.79. The third kappa shape index (κ3) is 29.4. The van der Waals surface area contributed by atoms with Gasteiger partial charge in [-0.05, 0) is 0 Å². The zero-order chi connectivity index (χ0) is 17.1. The molecule has 0 aromatic rings. The first kappa shape index (κ1) is 26.6. The van der Waals surface area contributed by atoms with Crippen molar-refractivity contribution in [3.63, 3.8) is 0 Å². The molecule has 0 amide bonds. The predicted octanol–water partition coefficient (Wildman–Crippen LogP) is -3.78. The Balaban J connectivity index is -0.000000230. The van der Waals surface area contributed by atoms with E-state index in [2.05, 4.69) is 53.8 Å². The van der Waals surface area contributed by atoms with Crippen LogP contribution in [0.25, 0.3) is 0 Å². The molecule has 0 unspecified atom stereocenters. The molecule has 1 heterocycles. The van der Waals surface area contributed by atoms with Crippen molar-refractivity contribution in [2.24, 2.45) is 17.2 Å². The second-order valence-electron chi connectivity index (χ2n) is 3.24. The van der Waals surface area contributed by atoms with Gasteiger partial charge in [-0.2, -0.15) is 0 Å². The molecule has 1 saturated heterocycles. The molecule has 9 nitrogen and oxygen atoms in total. The molecule has 0 aromatic heterocycles. The van der Waals surface area contributed by atoms with E-state index in [4.69, 9.17) is 32.5 Å². The van der Waals surface area contributed by atoms with E-state index in [1.54, 1.807) is 0 Å². The number of hydrogen-bond acceptors (Lipinski definition) is 12. The number of nitrogens with two attached hydrogens (primary N) is 3. The van der Waals surface area contributed by atoms with Crippen molar-refractivity contribution in [1.29, 1.82) is 0 Å². The zero-order valence-corrected chi connectivity index (χ0v) is 14.6. The third-order valence-electron chi connectivity index (χ3n) is 1.33. The molecule has 1 rings (SSSR count). The molecule has 1 aliphatic heterocycles. The molecule has 1 aliphatic rings. The smallest absolute Gasteiger partial charge is 0.106 e. The molecule has 1 fully saturated rings. The van der Waals surface area contributed by atoms with Crippen molar-refractivity contribution in [3.8, 4) is 0 Å². The standard InChI is InChI=1S/C3H9N3S3.3C2H7NO/c7-1-4-2(8)6-3(9)5-1;3*3-1-2-4/h1-9H;3*4H,1-3H2. The highest BCUT2D eigenvalue weighted by Crippen LogP contribution is 2.01. The molecular formula is C9H30N6O3S3. The minimum Gasteiger partial charge on any atom is -0.395 e. The van der Waals surface area contributed by atoms with Gasteiger partial charge in [-0.1, -0.05) is 0 Å². The Kier molecular flexibility index (Phi) is 29.1. The second kappa shape index (κ2) is 23.0. The van der Waals surface area contributed by atoms with Crippen molar-refractivity contribution in [1.82, 2.24) is 16.0 Å². The largest absolute Gasteiger partial charge is 0.395 e. The summed E-state index contributed by atoms with van der Waals surface area (Å²) in [4.78, 5) is 0. The number of thiol groups is 3. The van der Waals surface area contributed by atoms with Gasteiger partial charge in [0.25, 0.3) is 0 Å². The quantitative estimate of drug-likeness (QED) is 0.224. The number of aliphatic hydroxyl groups excluding tert-OH is 3. The maximum absolute atomic E-state index is 7.75. The lowest BCUT2D eigenvalue weighted by molar-refractivity contribution is 0.306. The summed E-state index contributed by atoms with van der Waals surface area (Å²) < 4.78 is 0. The van der Waals surface area contributed by atoms with Crippen LogP contribution in [0.5, 0.6) is 0 Å². The zero-order valence-electron chi connectivity index (χ0n) is 11.9. The van der Waals surface area contributed by atoms with Gasteiger partial charge in [-0.3, -0.25) is 16.0 Å². The van der Waals surface area contributed by atoms with E-state index in [-0.39, 0.29) is 36.3 Å². The monoisotopic (exact) mass is 366 g/mol. The van der Waals surface area contributed by atoms with Crippen LogP contribution >= 0.6 is 37.9 Å². The fourth-order valence-electron chi connectivity index (χ4n) is 0.593. The summed E-state index contributed by atoms with van der Waals surface area (Å²) in [5.74, 6) is 0. The topological polar surface area (TPSA) is 175 Å². The Morgan fingerprint density at radius 2 is 0.762 bits per heavy atom. The normalized spacial score (nSPS) is 23.6. The molecule has 0 saturated carbocycles. The maximum Gasteiger partial charge on any atom is 0.106 e. The Labute approximate surface area is 142 Å². The Bertz CT molecular complexity index is 148. The molecule has 0 atom stereocenters. The van der Waals surface area contributed by atoms with Crippen LogP contribution in [0.4, 0.5) is 0 Å². The Morgan fingerprint density at radius 3 is 0.857 bits per heavy atom. The number of rotatable bonds is 3. The first-order chi connectivity index (χ1) is 9.92. The summed E-state index contributed by atoms with van der Waals surface area (Å²) in [6.07, 6.45) is 0. The van der Waals surface area contributed by atoms with E-state index in [1.807, 2.05) is 0 Å². The van der Waals surface area contributed by atoms with Gasteiger partial charge < -0.3 is 32.5 Å². The highest BCUT2D eigenvalue weighted by molar-refractivity contribution is 7.82. The molecule has 0 aliphatic carbocycles. The van der Waals surface area contributed by atoms with Gasteiger partial charge >= 0.3 is 0 Å². The Hall–Kier alpha value is 0.690. The lowest BCUT2D eigenvalue weighted by Gasteiger charge is -2.31. The highest BCUT2D eigenvalue weighted by Gasteiger charge is 2.18. The molecule has 0 bridgehead atoms. The van der Waals surface area contributed by atoms with Crippen LogP contribution < -0.4 is 33.2 Å². The molecule has 0 spiro atoms. The first-order valence-electron chi connectivity index (χ1n) is 6.18. The summed E-state index contributed by atoms with van der Waals surface area (Å²) >= 11 is 12.4. The molecule has 132 valence electrons. The van der Waals surface area contributed by atoms with Crippen LogP contribution in [0.1, 0.15) is 0 Å². The summed E-state index contributed by atoms with van der Waals surface area (Å²) in [7, 11) is 0. The number of hydrogen-bond donors (Lipinski definition) is 12. The van der Waals surface area contributed by atoms with Crippen LogP contribution in [0.15, 0.2) is 0 Å². The van der Waals surface area contributed by atoms with E-state index in [1.165, 1.54) is 0 Å². The average Bonchev–Trinajstić information content (AvgIpc) is 2.46. The number of nitrogens with one attached hydrogen (secondary N) is 3. The van der Waals surface area contributed by atoms with Crippen molar-refractivity contribution in [2.45, 2.75) is 16.5 Å². The lowest BCUT2D eigenvalue weighted by Crippen LogP contribution is -2.61. The summed E-state index contributed by atoms with van der Waals surface area (Å²) in [6.45, 7) is 1.42. The fourth-order valence-corrected chi connectivity index (χ4v) is 1.84. The van der Waals surface area contributed by atoms with Gasteiger partial charge in [0.05, 0.1) is 19.8 Å². The van der Waals surface area contributed by atoms with Gasteiger partial charge in [-0.25, -0.2) is 0 Å². The fraction of sp³-hybridized carbons (Fsp3) is 1.00. The predicted molar refractivity (Wildman–Crippen MR) is 96.1 cm³/mol. The van der Waals surface area contributed by atoms with Crippen LogP contribution in [0, 0.1) is 0 Å². The highest BCUT2D eigenvalue weighted by atomic mass is 32.1. The minimum atomic E-state index is -0.0313. The van der Waals surface area contributed by atoms with E-state index in [9.17, 15) is 0 Å². The van der Waals surface area contributed by atoms with E-state index in [0.29, 0.717) is 19.6 Å². The van der Waals surface area contributed by atoms with Crippen molar-refractivity contribution in [2.75, 3.05) is 39.5 Å². The van der Waals surface area contributed by atoms with Crippen molar-refractivity contribution in [3.05, 3.63) is 0 Å². The van der Waals surface area contributed by atoms with Gasteiger partial charge in [-0.15, -0.1) is 37.9 Å². The SMILES string of the molecule is NCCO.NCCO.NCCO.SC1NC(S)NC(S)N1. The first-order valence-corrected chi connectivity index (χ1v) is 7.73. The number of aliphatic hydroxyl groups is 3. The minimum absolute atomic E-state index is 0.0313. The Morgan fingerprint density at radius 1 is 0.619 bits per heavy atom. The third-order valence-corrected chi connectivity index (χ3v) is 2.23. The van der Waals surface area contributed by atoms with E-state index >= 15 is 0 Å². The molecule has 0 radical (unpaired) electrons. The van der Waals surface area contributed by atoms with Gasteiger partial charge in [0, 0.05) is 19.6 Å². The van der Waals surface area contributed by atoms with E-state index in [0.717, 1.165) is 0 Å². The van der Waals surface area contributed by atoms with Crippen LogP contribution in [-0.2, 0) is 0 Å². The average molecular weight is 367 g/mol. The molecular weight excluding hydrogens is 336 g/mol. The van der Waals surface area contributed by atoms with Crippen molar-refractivity contribution < 1.29 is 15.3 Å². The molecule has 21 heavy (non-hydrogen) atoms. The van der Waals surface area contributed by atoms with Crippen LogP contribution in [-0.4, -0.2) is 71.3 Å². The maximum atomic E-state index is 7.75. The van der Waals surface area contributed by atoms with Crippen molar-refractivity contribution >= 4 is 37.9 Å². The van der Waals surface area contributed by atoms with Crippen LogP contribution in [0.3, 0.4) is 0 Å². The van der Waals surface area contributed by atoms with Gasteiger partial charge in [0.1, 0.15) is 16.5 Å².